The van der Waals surface area contributed by atoms with E-state index in [0.29, 0.717) is 19.6 Å². The quantitative estimate of drug-likeness (QED) is 0.730. The second-order valence-electron chi connectivity index (χ2n) is 7.04. The summed E-state index contributed by atoms with van der Waals surface area (Å²) >= 11 is 0. The summed E-state index contributed by atoms with van der Waals surface area (Å²) in [5.41, 5.74) is 1.39. The Hall–Kier alpha value is -2.39. The van der Waals surface area contributed by atoms with Crippen molar-refractivity contribution in [2.75, 3.05) is 6.54 Å². The molecule has 2 aromatic carbocycles. The van der Waals surface area contributed by atoms with Crippen molar-refractivity contribution in [1.29, 1.82) is 0 Å². The Bertz CT molecular complexity index is 726. The van der Waals surface area contributed by atoms with Crippen molar-refractivity contribution in [2.24, 2.45) is 0 Å². The van der Waals surface area contributed by atoms with E-state index in [2.05, 4.69) is 24.3 Å². The molecular formula is C23H27NO2. The number of ether oxygens (including phenoxy) is 1. The molecule has 0 N–H and O–H groups in total. The molecule has 136 valence electrons. The van der Waals surface area contributed by atoms with Crippen LogP contribution in [0.25, 0.3) is 0 Å². The minimum atomic E-state index is -0.842. The van der Waals surface area contributed by atoms with Crippen LogP contribution in [0.2, 0.25) is 0 Å². The van der Waals surface area contributed by atoms with Crippen LogP contribution >= 0.6 is 0 Å². The molecule has 0 fully saturated rings. The number of carbonyl (C=O) groups is 1. The first-order valence-corrected chi connectivity index (χ1v) is 9.33. The fourth-order valence-corrected chi connectivity index (χ4v) is 3.24. The summed E-state index contributed by atoms with van der Waals surface area (Å²) in [6.07, 6.45) is 6.83. The zero-order valence-corrected chi connectivity index (χ0v) is 15.4. The summed E-state index contributed by atoms with van der Waals surface area (Å²) in [5, 5.41) is 0. The van der Waals surface area contributed by atoms with Crippen LogP contribution in [0.3, 0.4) is 0 Å². The van der Waals surface area contributed by atoms with E-state index >= 15 is 0 Å². The van der Waals surface area contributed by atoms with Gasteiger partial charge in [-0.2, -0.15) is 0 Å². The molecule has 0 saturated carbocycles. The normalized spacial score (nSPS) is 22.3. The summed E-state index contributed by atoms with van der Waals surface area (Å²) in [6.45, 7) is 3.74. The summed E-state index contributed by atoms with van der Waals surface area (Å²) < 4.78 is 6.19. The average molecular weight is 349 g/mol. The van der Waals surface area contributed by atoms with Gasteiger partial charge < -0.3 is 9.64 Å². The van der Waals surface area contributed by atoms with E-state index in [4.69, 9.17) is 4.74 Å². The molecule has 0 saturated heterocycles. The SMILES string of the molecule is CC1(OCc2ccccc2)C/C=C/CCCN(Cc2ccccc2)C1=O. The maximum Gasteiger partial charge on any atom is 0.255 e. The molecular weight excluding hydrogens is 322 g/mol. The van der Waals surface area contributed by atoms with Gasteiger partial charge >= 0.3 is 0 Å². The van der Waals surface area contributed by atoms with Gasteiger partial charge in [-0.05, 0) is 30.9 Å². The monoisotopic (exact) mass is 349 g/mol. The van der Waals surface area contributed by atoms with E-state index in [1.54, 1.807) is 0 Å². The van der Waals surface area contributed by atoms with E-state index < -0.39 is 5.60 Å². The Labute approximate surface area is 156 Å². The molecule has 3 heteroatoms. The van der Waals surface area contributed by atoms with Crippen LogP contribution in [0, 0.1) is 0 Å². The van der Waals surface area contributed by atoms with Crippen molar-refractivity contribution in [2.45, 2.75) is 44.9 Å². The number of hydrogen-bond acceptors (Lipinski definition) is 2. The lowest BCUT2D eigenvalue weighted by Crippen LogP contribution is -2.48. The summed E-state index contributed by atoms with van der Waals surface area (Å²) in [4.78, 5) is 15.3. The third kappa shape index (κ3) is 4.83. The van der Waals surface area contributed by atoms with Gasteiger partial charge in [0, 0.05) is 19.5 Å². The zero-order valence-electron chi connectivity index (χ0n) is 15.4. The van der Waals surface area contributed by atoms with Gasteiger partial charge in [0.1, 0.15) is 5.60 Å². The number of carbonyl (C=O) groups excluding carboxylic acids is 1. The maximum atomic E-state index is 13.4. The van der Waals surface area contributed by atoms with Crippen molar-refractivity contribution in [3.05, 3.63) is 83.9 Å². The smallest absolute Gasteiger partial charge is 0.255 e. The van der Waals surface area contributed by atoms with Crippen molar-refractivity contribution in [3.63, 3.8) is 0 Å². The fraction of sp³-hybridized carbons (Fsp3) is 0.348. The number of amides is 1. The van der Waals surface area contributed by atoms with Gasteiger partial charge in [-0.1, -0.05) is 72.8 Å². The largest absolute Gasteiger partial charge is 0.360 e. The van der Waals surface area contributed by atoms with Crippen molar-refractivity contribution in [3.8, 4) is 0 Å². The van der Waals surface area contributed by atoms with Gasteiger partial charge in [0.2, 0.25) is 0 Å². The van der Waals surface area contributed by atoms with Gasteiger partial charge in [0.25, 0.3) is 5.91 Å². The Balaban J connectivity index is 1.77. The van der Waals surface area contributed by atoms with Crippen LogP contribution in [0.4, 0.5) is 0 Å². The topological polar surface area (TPSA) is 29.5 Å². The fourth-order valence-electron chi connectivity index (χ4n) is 3.24. The first kappa shape index (κ1) is 18.4. The third-order valence-electron chi connectivity index (χ3n) is 4.83. The lowest BCUT2D eigenvalue weighted by atomic mass is 9.99. The van der Waals surface area contributed by atoms with Gasteiger partial charge in [-0.15, -0.1) is 0 Å². The van der Waals surface area contributed by atoms with Crippen molar-refractivity contribution >= 4 is 5.91 Å². The first-order chi connectivity index (χ1) is 12.7. The molecule has 0 spiro atoms. The van der Waals surface area contributed by atoms with Crippen LogP contribution in [0.1, 0.15) is 37.3 Å². The van der Waals surface area contributed by atoms with Crippen LogP contribution in [0.15, 0.2) is 72.8 Å². The average Bonchev–Trinajstić information content (AvgIpc) is 2.74. The first-order valence-electron chi connectivity index (χ1n) is 9.33. The molecule has 1 heterocycles. The highest BCUT2D eigenvalue weighted by molar-refractivity contribution is 5.85. The Morgan fingerprint density at radius 3 is 2.31 bits per heavy atom. The number of hydrogen-bond donors (Lipinski definition) is 0. The molecule has 1 amide bonds. The zero-order chi connectivity index (χ0) is 18.2. The highest BCUT2D eigenvalue weighted by Crippen LogP contribution is 2.25. The van der Waals surface area contributed by atoms with Crippen LogP contribution in [-0.4, -0.2) is 23.0 Å². The number of nitrogens with zero attached hydrogens (tertiary/aromatic N) is 1. The van der Waals surface area contributed by atoms with E-state index in [1.807, 2.05) is 60.4 Å². The van der Waals surface area contributed by atoms with Crippen LogP contribution < -0.4 is 0 Å². The van der Waals surface area contributed by atoms with Crippen LogP contribution in [-0.2, 0) is 22.7 Å². The molecule has 0 aliphatic carbocycles. The third-order valence-corrected chi connectivity index (χ3v) is 4.83. The number of rotatable bonds is 5. The highest BCUT2D eigenvalue weighted by atomic mass is 16.5. The van der Waals surface area contributed by atoms with E-state index in [1.165, 1.54) is 0 Å². The Morgan fingerprint density at radius 2 is 1.62 bits per heavy atom. The lowest BCUT2D eigenvalue weighted by molar-refractivity contribution is -0.158. The minimum Gasteiger partial charge on any atom is -0.360 e. The second kappa shape index (κ2) is 8.81. The highest BCUT2D eigenvalue weighted by Gasteiger charge is 2.37. The van der Waals surface area contributed by atoms with Crippen molar-refractivity contribution < 1.29 is 9.53 Å². The molecule has 3 nitrogen and oxygen atoms in total. The van der Waals surface area contributed by atoms with Gasteiger partial charge in [0.05, 0.1) is 6.61 Å². The maximum absolute atomic E-state index is 13.4. The Morgan fingerprint density at radius 1 is 0.962 bits per heavy atom. The minimum absolute atomic E-state index is 0.0730. The summed E-state index contributed by atoms with van der Waals surface area (Å²) in [6, 6.07) is 20.2. The molecule has 1 unspecified atom stereocenters. The van der Waals surface area contributed by atoms with Gasteiger partial charge in [-0.3, -0.25) is 4.79 Å². The van der Waals surface area contributed by atoms with Gasteiger partial charge in [-0.25, -0.2) is 0 Å². The van der Waals surface area contributed by atoms with E-state index in [-0.39, 0.29) is 5.91 Å². The van der Waals surface area contributed by atoms with Crippen molar-refractivity contribution in [1.82, 2.24) is 4.90 Å². The Kier molecular flexibility index (Phi) is 6.24. The molecule has 1 aliphatic rings. The predicted molar refractivity (Wildman–Crippen MR) is 104 cm³/mol. The molecule has 1 atom stereocenters. The van der Waals surface area contributed by atoms with Crippen LogP contribution in [0.5, 0.6) is 0 Å². The second-order valence-corrected chi connectivity index (χ2v) is 7.04. The summed E-state index contributed by atoms with van der Waals surface area (Å²) in [5.74, 6) is 0.0730. The molecule has 0 bridgehead atoms. The molecule has 0 aromatic heterocycles. The number of benzene rings is 2. The molecule has 26 heavy (non-hydrogen) atoms. The van der Waals surface area contributed by atoms with E-state index in [9.17, 15) is 4.79 Å². The molecule has 0 radical (unpaired) electrons. The predicted octanol–water partition coefficient (Wildman–Crippen LogP) is 4.73. The van der Waals surface area contributed by atoms with E-state index in [0.717, 1.165) is 30.5 Å². The standard InChI is InChI=1S/C23H27NO2/c1-23(26-19-21-14-8-5-9-15-21)16-10-2-3-11-17-24(22(23)25)18-20-12-6-4-7-13-20/h2,4-10,12-15H,3,11,16-19H2,1H3/b10-2+. The lowest BCUT2D eigenvalue weighted by Gasteiger charge is -2.34. The van der Waals surface area contributed by atoms with Gasteiger partial charge in [0.15, 0.2) is 0 Å². The molecule has 3 rings (SSSR count). The molecule has 1 aliphatic heterocycles. The number of allylic oxidation sites excluding steroid dienone is 1. The molecule has 2 aromatic rings. The summed E-state index contributed by atoms with van der Waals surface area (Å²) in [7, 11) is 0.